The second-order valence-electron chi connectivity index (χ2n) is 6.54. The van der Waals surface area contributed by atoms with E-state index in [1.54, 1.807) is 7.11 Å². The number of hydrogen-bond acceptors (Lipinski definition) is 5. The Morgan fingerprint density at radius 1 is 1.07 bits per heavy atom. The van der Waals surface area contributed by atoms with Crippen molar-refractivity contribution in [3.8, 4) is 5.75 Å². The molecule has 0 bridgehead atoms. The molecule has 2 aromatic rings. The number of aliphatic hydroxyl groups is 1. The molecular weight excluding hydrogens is 417 g/mol. The molecule has 0 aliphatic rings. The summed E-state index contributed by atoms with van der Waals surface area (Å²) in [5.41, 5.74) is -5.65. The number of methoxy groups -OCH3 is 1. The summed E-state index contributed by atoms with van der Waals surface area (Å²) >= 11 is 0. The fourth-order valence-corrected chi connectivity index (χ4v) is 5.54. The molecule has 0 aliphatic heterocycles. The predicted octanol–water partition coefficient (Wildman–Crippen LogP) is 4.01. The van der Waals surface area contributed by atoms with Crippen molar-refractivity contribution in [1.29, 1.82) is 0 Å². The highest BCUT2D eigenvalue weighted by Gasteiger charge is 2.42. The highest BCUT2D eigenvalue weighted by atomic mass is 32.2. The second kappa shape index (κ2) is 8.89. The number of alkyl halides is 3. The van der Waals surface area contributed by atoms with Gasteiger partial charge in [-0.05, 0) is 32.0 Å². The molecule has 5 nitrogen and oxygen atoms in total. The number of benzene rings is 2. The highest BCUT2D eigenvalue weighted by Crippen LogP contribution is 2.37. The maximum absolute atomic E-state index is 10.7. The Morgan fingerprint density at radius 2 is 1.54 bits per heavy atom. The van der Waals surface area contributed by atoms with Gasteiger partial charge in [-0.25, -0.2) is 8.42 Å². The number of fused-ring (bicyclic) bond motifs is 1. The van der Waals surface area contributed by atoms with Crippen LogP contribution in [0.2, 0.25) is 0 Å². The average molecular weight is 441 g/mol. The monoisotopic (exact) mass is 440 g/mol. The quantitative estimate of drug-likeness (QED) is 0.441. The molecular formula is C18H23F3O5S2. The van der Waals surface area contributed by atoms with E-state index >= 15 is 0 Å². The fourth-order valence-electron chi connectivity index (χ4n) is 2.71. The van der Waals surface area contributed by atoms with Crippen molar-refractivity contribution in [3.63, 3.8) is 0 Å². The standard InChI is InChI=1S/C17H23O2S.CHF3O3S/c1-12(2)20(17(3,4)18)16-11-10-15(19-5)13-8-6-7-9-14(13)16;2-1(3,4)8(5,6)7/h6-12,18H,1-5H3;(H,5,6,7)/q+1;/p-1. The molecule has 28 heavy (non-hydrogen) atoms. The Hall–Kier alpha value is -1.49. The van der Waals surface area contributed by atoms with E-state index in [0.717, 1.165) is 11.1 Å². The second-order valence-corrected chi connectivity index (χ2v) is 11.0. The van der Waals surface area contributed by atoms with Gasteiger partial charge in [0.1, 0.15) is 11.0 Å². The Kier molecular flexibility index (Phi) is 7.80. The van der Waals surface area contributed by atoms with E-state index in [2.05, 4.69) is 32.0 Å². The molecule has 0 saturated carbocycles. The zero-order valence-electron chi connectivity index (χ0n) is 16.1. The third-order valence-corrected chi connectivity index (χ3v) is 7.01. The van der Waals surface area contributed by atoms with Gasteiger partial charge in [0.05, 0.1) is 18.0 Å². The highest BCUT2D eigenvalue weighted by molar-refractivity contribution is 7.98. The third kappa shape index (κ3) is 6.00. The summed E-state index contributed by atoms with van der Waals surface area (Å²) in [6, 6.07) is 12.4. The van der Waals surface area contributed by atoms with Crippen LogP contribution in [0.3, 0.4) is 0 Å². The summed E-state index contributed by atoms with van der Waals surface area (Å²) in [6.45, 7) is 8.13. The van der Waals surface area contributed by atoms with E-state index in [1.807, 2.05) is 32.0 Å². The van der Waals surface area contributed by atoms with Gasteiger partial charge < -0.3 is 14.4 Å². The van der Waals surface area contributed by atoms with Crippen LogP contribution in [0.5, 0.6) is 5.75 Å². The summed E-state index contributed by atoms with van der Waals surface area (Å²) in [6.07, 6.45) is 0. The summed E-state index contributed by atoms with van der Waals surface area (Å²) in [7, 11) is -4.64. The number of hydrogen-bond donors (Lipinski definition) is 1. The van der Waals surface area contributed by atoms with E-state index in [9.17, 15) is 18.3 Å². The van der Waals surface area contributed by atoms with Gasteiger partial charge in [-0.15, -0.1) is 0 Å². The molecule has 0 spiro atoms. The van der Waals surface area contributed by atoms with Crippen molar-refractivity contribution in [2.45, 2.75) is 48.3 Å². The first-order valence-corrected chi connectivity index (χ1v) is 10.8. The molecule has 0 heterocycles. The fraction of sp³-hybridized carbons (Fsp3) is 0.444. The van der Waals surface area contributed by atoms with Crippen LogP contribution < -0.4 is 4.74 Å². The Bertz CT molecular complexity index is 904. The number of ether oxygens (including phenoxy) is 1. The molecule has 0 radical (unpaired) electrons. The molecule has 10 heteroatoms. The first kappa shape index (κ1) is 24.5. The van der Waals surface area contributed by atoms with Crippen molar-refractivity contribution in [2.24, 2.45) is 0 Å². The van der Waals surface area contributed by atoms with Gasteiger partial charge in [0.25, 0.3) is 0 Å². The van der Waals surface area contributed by atoms with Crippen molar-refractivity contribution < 1.29 is 36.0 Å². The van der Waals surface area contributed by atoms with Gasteiger partial charge in [-0.1, -0.05) is 18.2 Å². The minimum absolute atomic E-state index is 0.242. The molecule has 1 N–H and O–H groups in total. The number of halogens is 3. The lowest BCUT2D eigenvalue weighted by atomic mass is 10.1. The predicted molar refractivity (Wildman–Crippen MR) is 103 cm³/mol. The molecule has 1 unspecified atom stereocenters. The van der Waals surface area contributed by atoms with Gasteiger partial charge in [-0.2, -0.15) is 13.2 Å². The Balaban J connectivity index is 0.000000416. The maximum Gasteiger partial charge on any atom is 0.485 e. The van der Waals surface area contributed by atoms with Crippen LogP contribution in [-0.4, -0.2) is 40.9 Å². The largest absolute Gasteiger partial charge is 0.741 e. The van der Waals surface area contributed by atoms with Crippen LogP contribution >= 0.6 is 0 Å². The topological polar surface area (TPSA) is 86.7 Å². The molecule has 0 aliphatic carbocycles. The summed E-state index contributed by atoms with van der Waals surface area (Å²) in [4.78, 5) is 0.481. The van der Waals surface area contributed by atoms with Gasteiger partial charge >= 0.3 is 5.51 Å². The normalized spacial score (nSPS) is 13.8. The molecule has 1 atom stereocenters. The molecule has 0 saturated heterocycles. The van der Waals surface area contributed by atoms with Gasteiger partial charge in [0, 0.05) is 24.6 Å². The van der Waals surface area contributed by atoms with Crippen LogP contribution in [0, 0.1) is 0 Å². The molecule has 0 amide bonds. The Morgan fingerprint density at radius 3 is 1.89 bits per heavy atom. The van der Waals surface area contributed by atoms with Gasteiger partial charge in [0.2, 0.25) is 4.93 Å². The summed E-state index contributed by atoms with van der Waals surface area (Å²) in [5, 5.41) is 13.2. The van der Waals surface area contributed by atoms with E-state index in [-0.39, 0.29) is 10.9 Å². The van der Waals surface area contributed by atoms with Crippen LogP contribution in [-0.2, 0) is 21.0 Å². The zero-order valence-corrected chi connectivity index (χ0v) is 17.7. The van der Waals surface area contributed by atoms with Crippen LogP contribution in [0.25, 0.3) is 10.8 Å². The molecule has 158 valence electrons. The zero-order chi connectivity index (χ0) is 21.9. The minimum atomic E-state index is -6.09. The van der Waals surface area contributed by atoms with Crippen molar-refractivity contribution >= 4 is 31.8 Å². The van der Waals surface area contributed by atoms with E-state index < -0.39 is 20.6 Å². The van der Waals surface area contributed by atoms with Crippen LogP contribution in [0.15, 0.2) is 41.3 Å². The lowest BCUT2D eigenvalue weighted by Gasteiger charge is -2.24. The van der Waals surface area contributed by atoms with E-state index in [0.29, 0.717) is 5.25 Å². The van der Waals surface area contributed by atoms with Gasteiger partial charge in [-0.3, -0.25) is 0 Å². The SMILES string of the molecule is COc1ccc([S+](C(C)C)C(C)(C)O)c2ccccc12.O=S(=O)([O-])C(F)(F)F. The summed E-state index contributed by atoms with van der Waals surface area (Å²) < 4.78 is 64.4. The maximum atomic E-state index is 10.7. The van der Waals surface area contributed by atoms with Crippen LogP contribution in [0.4, 0.5) is 13.2 Å². The minimum Gasteiger partial charge on any atom is -0.741 e. The average Bonchev–Trinajstić information content (AvgIpc) is 2.52. The van der Waals surface area contributed by atoms with Gasteiger partial charge in [0.15, 0.2) is 15.0 Å². The lowest BCUT2D eigenvalue weighted by Crippen LogP contribution is -2.37. The lowest BCUT2D eigenvalue weighted by molar-refractivity contribution is -0.0517. The molecule has 2 aromatic carbocycles. The third-order valence-electron chi connectivity index (χ3n) is 3.59. The first-order chi connectivity index (χ1) is 12.6. The molecule has 2 rings (SSSR count). The first-order valence-electron chi connectivity index (χ1n) is 8.14. The number of rotatable bonds is 4. The van der Waals surface area contributed by atoms with E-state index in [4.69, 9.17) is 17.7 Å². The molecule has 0 fully saturated rings. The van der Waals surface area contributed by atoms with Crippen LogP contribution in [0.1, 0.15) is 27.7 Å². The molecule has 0 aromatic heterocycles. The van der Waals surface area contributed by atoms with Crippen molar-refractivity contribution in [1.82, 2.24) is 0 Å². The van der Waals surface area contributed by atoms with Crippen molar-refractivity contribution in [3.05, 3.63) is 36.4 Å². The smallest absolute Gasteiger partial charge is 0.485 e. The van der Waals surface area contributed by atoms with Crippen molar-refractivity contribution in [2.75, 3.05) is 7.11 Å². The van der Waals surface area contributed by atoms with E-state index in [1.165, 1.54) is 10.3 Å². The summed E-state index contributed by atoms with van der Waals surface area (Å²) in [5.74, 6) is 0.882. The Labute approximate surface area is 165 Å².